The van der Waals surface area contributed by atoms with Crippen molar-refractivity contribution in [2.45, 2.75) is 44.7 Å². The third kappa shape index (κ3) is 2.04. The Morgan fingerprint density at radius 2 is 2.17 bits per heavy atom. The maximum Gasteiger partial charge on any atom is 0.293 e. The highest BCUT2D eigenvalue weighted by atomic mass is 19.1. The fraction of sp³-hybridized carbons (Fsp3) is 0.412. The van der Waals surface area contributed by atoms with Gasteiger partial charge in [0.25, 0.3) is 5.56 Å². The molecule has 3 aromatic rings. The summed E-state index contributed by atoms with van der Waals surface area (Å²) < 4.78 is 21.6. The standard InChI is InChI=1S/C17H18FN3O3/c1-2-21-13-7-10(8-3-4-9(19)5-8)12(18)6-11(13)15(22)14-16(23)20-24-17(14)21/h6-9H,2-5,19H2,1H3,(H,20,23). The van der Waals surface area contributed by atoms with Gasteiger partial charge in [0.05, 0.1) is 5.52 Å². The fourth-order valence-corrected chi connectivity index (χ4v) is 3.84. The molecule has 0 spiro atoms. The van der Waals surface area contributed by atoms with Crippen LogP contribution in [0.1, 0.15) is 37.7 Å². The second-order valence-corrected chi connectivity index (χ2v) is 6.45. The van der Waals surface area contributed by atoms with Crippen molar-refractivity contribution in [3.8, 4) is 0 Å². The Morgan fingerprint density at radius 3 is 2.83 bits per heavy atom. The van der Waals surface area contributed by atoms with E-state index in [2.05, 4.69) is 5.16 Å². The van der Waals surface area contributed by atoms with Crippen molar-refractivity contribution < 1.29 is 8.91 Å². The molecule has 0 bridgehead atoms. The highest BCUT2D eigenvalue weighted by Crippen LogP contribution is 2.36. The average molecular weight is 331 g/mol. The van der Waals surface area contributed by atoms with E-state index in [1.165, 1.54) is 6.07 Å². The van der Waals surface area contributed by atoms with Crippen molar-refractivity contribution in [2.24, 2.45) is 5.73 Å². The number of aromatic nitrogens is 2. The summed E-state index contributed by atoms with van der Waals surface area (Å²) in [5.41, 5.74) is 6.20. The number of aromatic amines is 1. The van der Waals surface area contributed by atoms with Crippen LogP contribution in [-0.2, 0) is 6.54 Å². The van der Waals surface area contributed by atoms with E-state index in [4.69, 9.17) is 10.3 Å². The van der Waals surface area contributed by atoms with Gasteiger partial charge in [-0.05, 0) is 49.8 Å². The summed E-state index contributed by atoms with van der Waals surface area (Å²) in [6, 6.07) is 3.04. The van der Waals surface area contributed by atoms with Gasteiger partial charge in [0, 0.05) is 18.0 Å². The highest BCUT2D eigenvalue weighted by Gasteiger charge is 2.27. The van der Waals surface area contributed by atoms with E-state index in [9.17, 15) is 14.0 Å². The monoisotopic (exact) mass is 331 g/mol. The molecule has 1 fully saturated rings. The highest BCUT2D eigenvalue weighted by molar-refractivity contribution is 5.91. The minimum Gasteiger partial charge on any atom is -0.360 e. The topological polar surface area (TPSA) is 94.0 Å². The molecule has 0 radical (unpaired) electrons. The molecule has 1 aliphatic rings. The lowest BCUT2D eigenvalue weighted by Gasteiger charge is -2.15. The Labute approximate surface area is 136 Å². The number of fused-ring (bicyclic) bond motifs is 2. The number of benzene rings is 1. The van der Waals surface area contributed by atoms with Gasteiger partial charge < -0.3 is 14.8 Å². The Morgan fingerprint density at radius 1 is 1.38 bits per heavy atom. The van der Waals surface area contributed by atoms with Crippen LogP contribution in [0, 0.1) is 5.82 Å². The molecule has 2 atom stereocenters. The third-order valence-electron chi connectivity index (χ3n) is 5.03. The van der Waals surface area contributed by atoms with Gasteiger partial charge in [-0.2, -0.15) is 5.16 Å². The van der Waals surface area contributed by atoms with Gasteiger partial charge in [0.15, 0.2) is 5.39 Å². The van der Waals surface area contributed by atoms with Crippen LogP contribution in [0.2, 0.25) is 0 Å². The Balaban J connectivity index is 2.08. The first-order valence-corrected chi connectivity index (χ1v) is 8.14. The largest absolute Gasteiger partial charge is 0.360 e. The summed E-state index contributed by atoms with van der Waals surface area (Å²) in [5, 5.41) is 2.32. The lowest BCUT2D eigenvalue weighted by molar-refractivity contribution is 0.430. The van der Waals surface area contributed by atoms with Crippen molar-refractivity contribution >= 4 is 22.0 Å². The molecule has 0 saturated heterocycles. The van der Waals surface area contributed by atoms with Crippen molar-refractivity contribution in [3.63, 3.8) is 0 Å². The van der Waals surface area contributed by atoms with E-state index in [-0.39, 0.29) is 28.4 Å². The van der Waals surface area contributed by atoms with Gasteiger partial charge in [0.1, 0.15) is 5.82 Å². The number of nitrogens with zero attached hydrogens (tertiary/aromatic N) is 1. The minimum absolute atomic E-state index is 0.0544. The quantitative estimate of drug-likeness (QED) is 0.752. The molecule has 126 valence electrons. The van der Waals surface area contributed by atoms with Gasteiger partial charge in [-0.1, -0.05) is 0 Å². The van der Waals surface area contributed by atoms with Crippen LogP contribution in [0.15, 0.2) is 26.2 Å². The molecule has 3 N–H and O–H groups in total. The van der Waals surface area contributed by atoms with E-state index in [0.29, 0.717) is 17.6 Å². The number of pyridine rings is 1. The number of aryl methyl sites for hydroxylation is 1. The number of nitrogens with two attached hydrogens (primary N) is 1. The summed E-state index contributed by atoms with van der Waals surface area (Å²) in [4.78, 5) is 24.4. The van der Waals surface area contributed by atoms with E-state index >= 15 is 0 Å². The Kier molecular flexibility index (Phi) is 3.35. The second-order valence-electron chi connectivity index (χ2n) is 6.45. The minimum atomic E-state index is -0.592. The van der Waals surface area contributed by atoms with Crippen LogP contribution in [0.5, 0.6) is 0 Å². The number of H-pyrrole nitrogens is 1. The first-order valence-electron chi connectivity index (χ1n) is 8.14. The third-order valence-corrected chi connectivity index (χ3v) is 5.03. The molecule has 2 aromatic heterocycles. The zero-order valence-electron chi connectivity index (χ0n) is 13.3. The van der Waals surface area contributed by atoms with Gasteiger partial charge in [-0.15, -0.1) is 0 Å². The molecule has 6 nitrogen and oxygen atoms in total. The van der Waals surface area contributed by atoms with Gasteiger partial charge in [-0.25, -0.2) is 4.39 Å². The lowest BCUT2D eigenvalue weighted by atomic mass is 9.95. The first-order chi connectivity index (χ1) is 11.5. The molecule has 0 amide bonds. The zero-order chi connectivity index (χ0) is 17.0. The smallest absolute Gasteiger partial charge is 0.293 e. The average Bonchev–Trinajstić information content (AvgIpc) is 3.15. The summed E-state index contributed by atoms with van der Waals surface area (Å²) in [5.74, 6) is -0.362. The number of rotatable bonds is 2. The van der Waals surface area contributed by atoms with Crippen LogP contribution in [0.3, 0.4) is 0 Å². The predicted molar refractivity (Wildman–Crippen MR) is 88.8 cm³/mol. The predicted octanol–water partition coefficient (Wildman–Crippen LogP) is 2.19. The van der Waals surface area contributed by atoms with E-state index in [0.717, 1.165) is 19.3 Å². The zero-order valence-corrected chi connectivity index (χ0v) is 13.3. The van der Waals surface area contributed by atoms with Crippen molar-refractivity contribution in [2.75, 3.05) is 0 Å². The first kappa shape index (κ1) is 15.1. The molecule has 24 heavy (non-hydrogen) atoms. The van der Waals surface area contributed by atoms with Crippen LogP contribution in [0.25, 0.3) is 22.0 Å². The summed E-state index contributed by atoms with van der Waals surface area (Å²) >= 11 is 0. The number of hydrogen-bond acceptors (Lipinski definition) is 4. The molecule has 1 aliphatic carbocycles. The van der Waals surface area contributed by atoms with Crippen molar-refractivity contribution in [1.29, 1.82) is 0 Å². The van der Waals surface area contributed by atoms with E-state index in [1.54, 1.807) is 10.6 Å². The summed E-state index contributed by atoms with van der Waals surface area (Å²) in [7, 11) is 0. The maximum atomic E-state index is 14.6. The second kappa shape index (κ2) is 5.31. The van der Waals surface area contributed by atoms with Gasteiger partial charge >= 0.3 is 0 Å². The molecular weight excluding hydrogens is 313 g/mol. The molecule has 7 heteroatoms. The molecule has 0 aliphatic heterocycles. The summed E-state index contributed by atoms with van der Waals surface area (Å²) in [6.07, 6.45) is 2.44. The van der Waals surface area contributed by atoms with Crippen LogP contribution < -0.4 is 16.7 Å². The van der Waals surface area contributed by atoms with E-state index < -0.39 is 16.8 Å². The maximum absolute atomic E-state index is 14.6. The number of nitrogens with one attached hydrogen (secondary N) is 1. The van der Waals surface area contributed by atoms with Gasteiger partial charge in [0.2, 0.25) is 11.1 Å². The van der Waals surface area contributed by atoms with Crippen molar-refractivity contribution in [3.05, 3.63) is 44.1 Å². The lowest BCUT2D eigenvalue weighted by Crippen LogP contribution is -2.16. The molecular formula is C17H18FN3O3. The molecule has 1 aromatic carbocycles. The number of hydrogen-bond donors (Lipinski definition) is 2. The molecule has 2 unspecified atom stereocenters. The van der Waals surface area contributed by atoms with Gasteiger partial charge in [-0.3, -0.25) is 9.59 Å². The number of halogens is 1. The van der Waals surface area contributed by atoms with E-state index in [1.807, 2.05) is 6.92 Å². The molecule has 1 saturated carbocycles. The van der Waals surface area contributed by atoms with Crippen LogP contribution in [0.4, 0.5) is 4.39 Å². The SMILES string of the molecule is CCn1c2cc(C3CCC(N)C3)c(F)cc2c(=O)c2c(=O)[nH]oc21. The summed E-state index contributed by atoms with van der Waals surface area (Å²) in [6.45, 7) is 2.37. The molecule has 4 rings (SSSR count). The fourth-order valence-electron chi connectivity index (χ4n) is 3.84. The Bertz CT molecular complexity index is 1060. The van der Waals surface area contributed by atoms with Crippen LogP contribution in [-0.4, -0.2) is 15.8 Å². The van der Waals surface area contributed by atoms with Crippen molar-refractivity contribution in [1.82, 2.24) is 9.72 Å². The Hall–Kier alpha value is -2.41. The molecule has 2 heterocycles. The normalized spacial score (nSPS) is 21.1. The van der Waals surface area contributed by atoms with Crippen LogP contribution >= 0.6 is 0 Å².